The van der Waals surface area contributed by atoms with Gasteiger partial charge in [0.1, 0.15) is 17.3 Å². The minimum Gasteiger partial charge on any atom is -0.508 e. The van der Waals surface area contributed by atoms with Crippen molar-refractivity contribution in [3.63, 3.8) is 0 Å². The predicted molar refractivity (Wildman–Crippen MR) is 68.5 cm³/mol. The lowest BCUT2D eigenvalue weighted by atomic mass is 10.2. The predicted octanol–water partition coefficient (Wildman–Crippen LogP) is 3.05. The maximum absolute atomic E-state index is 13.1. The number of phenols is 1. The second-order valence-electron chi connectivity index (χ2n) is 3.95. The van der Waals surface area contributed by atoms with Crippen molar-refractivity contribution in [1.82, 2.24) is 0 Å². The highest BCUT2D eigenvalue weighted by Crippen LogP contribution is 2.24. The molecule has 0 radical (unpaired) electrons. The summed E-state index contributed by atoms with van der Waals surface area (Å²) < 4.78 is 13.1. The van der Waals surface area contributed by atoms with Gasteiger partial charge in [-0.2, -0.15) is 0 Å². The van der Waals surface area contributed by atoms with E-state index >= 15 is 0 Å². The Balaban J connectivity index is 2.16. The Bertz CT molecular complexity index is 596. The zero-order chi connectivity index (χ0) is 13.8. The zero-order valence-corrected chi connectivity index (χ0v) is 9.84. The molecule has 0 fully saturated rings. The van der Waals surface area contributed by atoms with Gasteiger partial charge in [-0.15, -0.1) is 0 Å². The summed E-state index contributed by atoms with van der Waals surface area (Å²) in [7, 11) is 0. The molecule has 0 aliphatic carbocycles. The van der Waals surface area contributed by atoms with Gasteiger partial charge in [-0.25, -0.2) is 4.39 Å². The minimum atomic E-state index is -0.556. The van der Waals surface area contributed by atoms with E-state index in [9.17, 15) is 19.6 Å². The van der Waals surface area contributed by atoms with Crippen molar-refractivity contribution >= 4 is 11.4 Å². The number of para-hydroxylation sites is 2. The standard InChI is InChI=1S/C13H11FN2O3/c14-10-5-9(6-11(17)7-10)8-15-12-3-1-2-4-13(12)16(18)19/h1-7,15,17H,8H2. The number of aromatic hydroxyl groups is 1. The maximum Gasteiger partial charge on any atom is 0.292 e. The number of nitrogens with zero attached hydrogens (tertiary/aromatic N) is 1. The molecule has 0 aliphatic heterocycles. The van der Waals surface area contributed by atoms with Gasteiger partial charge < -0.3 is 10.4 Å². The third-order valence-corrected chi connectivity index (χ3v) is 2.53. The van der Waals surface area contributed by atoms with Gasteiger partial charge in [0.2, 0.25) is 0 Å². The van der Waals surface area contributed by atoms with Crippen molar-refractivity contribution in [2.24, 2.45) is 0 Å². The number of phenolic OH excluding ortho intramolecular Hbond substituents is 1. The lowest BCUT2D eigenvalue weighted by Crippen LogP contribution is -2.02. The number of rotatable bonds is 4. The Morgan fingerprint density at radius 3 is 2.68 bits per heavy atom. The molecule has 0 saturated heterocycles. The van der Waals surface area contributed by atoms with E-state index in [0.29, 0.717) is 11.3 Å². The topological polar surface area (TPSA) is 75.4 Å². The molecule has 2 rings (SSSR count). The lowest BCUT2D eigenvalue weighted by molar-refractivity contribution is -0.384. The Hall–Kier alpha value is -2.63. The van der Waals surface area contributed by atoms with E-state index in [1.54, 1.807) is 18.2 Å². The highest BCUT2D eigenvalue weighted by molar-refractivity contribution is 5.61. The van der Waals surface area contributed by atoms with Gasteiger partial charge in [0.05, 0.1) is 4.92 Å². The fourth-order valence-electron chi connectivity index (χ4n) is 1.72. The van der Waals surface area contributed by atoms with E-state index < -0.39 is 10.7 Å². The molecule has 2 N–H and O–H groups in total. The van der Waals surface area contributed by atoms with Crippen molar-refractivity contribution in [2.75, 3.05) is 5.32 Å². The molecule has 0 heterocycles. The SMILES string of the molecule is O=[N+]([O-])c1ccccc1NCc1cc(O)cc(F)c1. The number of nitro benzene ring substituents is 1. The summed E-state index contributed by atoms with van der Waals surface area (Å²) in [4.78, 5) is 10.3. The third kappa shape index (κ3) is 3.19. The van der Waals surface area contributed by atoms with Crippen LogP contribution in [0.15, 0.2) is 42.5 Å². The molecule has 0 spiro atoms. The van der Waals surface area contributed by atoms with Crippen molar-refractivity contribution in [2.45, 2.75) is 6.54 Å². The van der Waals surface area contributed by atoms with Gasteiger partial charge in [-0.05, 0) is 23.8 Å². The number of halogens is 1. The second kappa shape index (κ2) is 5.34. The van der Waals surface area contributed by atoms with Crippen LogP contribution in [0.1, 0.15) is 5.56 Å². The Morgan fingerprint density at radius 1 is 1.26 bits per heavy atom. The van der Waals surface area contributed by atoms with E-state index in [2.05, 4.69) is 5.32 Å². The van der Waals surface area contributed by atoms with Crippen LogP contribution in [0.3, 0.4) is 0 Å². The minimum absolute atomic E-state index is 0.0527. The van der Waals surface area contributed by atoms with Crippen LogP contribution < -0.4 is 5.32 Å². The van der Waals surface area contributed by atoms with Crippen LogP contribution in [0.5, 0.6) is 5.75 Å². The molecule has 0 atom stereocenters. The first-order valence-corrected chi connectivity index (χ1v) is 5.52. The van der Waals surface area contributed by atoms with Crippen LogP contribution in [0.25, 0.3) is 0 Å². The van der Waals surface area contributed by atoms with Gasteiger partial charge in [0.25, 0.3) is 5.69 Å². The molecule has 0 aromatic heterocycles. The van der Waals surface area contributed by atoms with Crippen molar-refractivity contribution in [3.8, 4) is 5.75 Å². The van der Waals surface area contributed by atoms with Crippen LogP contribution in [0.2, 0.25) is 0 Å². The Morgan fingerprint density at radius 2 is 2.00 bits per heavy atom. The first kappa shape index (κ1) is 12.8. The number of nitrogens with one attached hydrogen (secondary N) is 1. The molecule has 98 valence electrons. The van der Waals surface area contributed by atoms with E-state index in [1.807, 2.05) is 0 Å². The Kier molecular flexibility index (Phi) is 3.61. The average Bonchev–Trinajstić information content (AvgIpc) is 2.35. The summed E-state index contributed by atoms with van der Waals surface area (Å²) in [6.07, 6.45) is 0. The van der Waals surface area contributed by atoms with Crippen molar-refractivity contribution in [1.29, 1.82) is 0 Å². The molecule has 19 heavy (non-hydrogen) atoms. The molecule has 0 unspecified atom stereocenters. The van der Waals surface area contributed by atoms with Crippen molar-refractivity contribution in [3.05, 3.63) is 64.0 Å². The van der Waals surface area contributed by atoms with E-state index in [-0.39, 0.29) is 18.0 Å². The summed E-state index contributed by atoms with van der Waals surface area (Å²) in [6, 6.07) is 9.82. The van der Waals surface area contributed by atoms with Crippen LogP contribution >= 0.6 is 0 Å². The van der Waals surface area contributed by atoms with Crippen LogP contribution in [-0.4, -0.2) is 10.0 Å². The van der Waals surface area contributed by atoms with Crippen LogP contribution in [0.4, 0.5) is 15.8 Å². The molecule has 0 amide bonds. The summed E-state index contributed by atoms with van der Waals surface area (Å²) >= 11 is 0. The quantitative estimate of drug-likeness (QED) is 0.656. The smallest absolute Gasteiger partial charge is 0.292 e. The molecule has 2 aromatic carbocycles. The second-order valence-corrected chi connectivity index (χ2v) is 3.95. The third-order valence-electron chi connectivity index (χ3n) is 2.53. The van der Waals surface area contributed by atoms with Gasteiger partial charge >= 0.3 is 0 Å². The first-order chi connectivity index (χ1) is 9.06. The number of benzene rings is 2. The lowest BCUT2D eigenvalue weighted by Gasteiger charge is -2.07. The monoisotopic (exact) mass is 262 g/mol. The van der Waals surface area contributed by atoms with Crippen molar-refractivity contribution < 1.29 is 14.4 Å². The molecule has 0 saturated carbocycles. The van der Waals surface area contributed by atoms with Gasteiger partial charge in [0, 0.05) is 18.7 Å². The van der Waals surface area contributed by atoms with Crippen LogP contribution in [-0.2, 0) is 6.54 Å². The maximum atomic E-state index is 13.1. The summed E-state index contributed by atoms with van der Waals surface area (Å²) in [6.45, 7) is 0.177. The van der Waals surface area contributed by atoms with E-state index in [1.165, 1.54) is 18.2 Å². The van der Waals surface area contributed by atoms with E-state index in [0.717, 1.165) is 6.07 Å². The molecular formula is C13H11FN2O3. The number of anilines is 1. The first-order valence-electron chi connectivity index (χ1n) is 5.52. The molecule has 6 heteroatoms. The largest absolute Gasteiger partial charge is 0.508 e. The van der Waals surface area contributed by atoms with Gasteiger partial charge in [0.15, 0.2) is 0 Å². The van der Waals surface area contributed by atoms with Gasteiger partial charge in [-0.1, -0.05) is 12.1 Å². The summed E-state index contributed by atoms with van der Waals surface area (Å²) in [5.74, 6) is -0.737. The average molecular weight is 262 g/mol. The van der Waals surface area contributed by atoms with Gasteiger partial charge in [-0.3, -0.25) is 10.1 Å². The van der Waals surface area contributed by atoms with E-state index in [4.69, 9.17) is 0 Å². The molecule has 5 nitrogen and oxygen atoms in total. The normalized spacial score (nSPS) is 10.2. The number of hydrogen-bond donors (Lipinski definition) is 2. The fourth-order valence-corrected chi connectivity index (χ4v) is 1.72. The molecule has 0 bridgehead atoms. The summed E-state index contributed by atoms with van der Waals surface area (Å²) in [5.41, 5.74) is 0.787. The highest BCUT2D eigenvalue weighted by atomic mass is 19.1. The molecule has 0 aliphatic rings. The molecule has 2 aromatic rings. The van der Waals surface area contributed by atoms with Crippen LogP contribution in [0, 0.1) is 15.9 Å². The zero-order valence-electron chi connectivity index (χ0n) is 9.84. The molecular weight excluding hydrogens is 251 g/mol. The summed E-state index contributed by atoms with van der Waals surface area (Å²) in [5, 5.41) is 22.9. The Labute approximate surface area is 108 Å². The fraction of sp³-hybridized carbons (Fsp3) is 0.0769. The highest BCUT2D eigenvalue weighted by Gasteiger charge is 2.11. The number of nitro groups is 1. The number of hydrogen-bond acceptors (Lipinski definition) is 4.